The lowest BCUT2D eigenvalue weighted by atomic mass is 10.0. The fraction of sp³-hybridized carbons (Fsp3) is 0.222. The number of hydrazone groups is 1. The Morgan fingerprint density at radius 1 is 1.26 bits per heavy atom. The van der Waals surface area contributed by atoms with Crippen molar-refractivity contribution in [3.63, 3.8) is 0 Å². The van der Waals surface area contributed by atoms with Crippen LogP contribution in [0.3, 0.4) is 0 Å². The van der Waals surface area contributed by atoms with Crippen LogP contribution in [0, 0.1) is 10.1 Å². The highest BCUT2D eigenvalue weighted by atomic mass is 16.6. The zero-order valence-electron chi connectivity index (χ0n) is 14.5. The van der Waals surface area contributed by atoms with Crippen molar-refractivity contribution in [2.24, 2.45) is 5.10 Å². The quantitative estimate of drug-likeness (QED) is 0.361. The van der Waals surface area contributed by atoms with E-state index in [9.17, 15) is 20.0 Å². The molecule has 2 aromatic carbocycles. The molecule has 9 nitrogen and oxygen atoms in total. The van der Waals surface area contributed by atoms with Gasteiger partial charge in [0.25, 0.3) is 11.6 Å². The molecule has 27 heavy (non-hydrogen) atoms. The Kier molecular flexibility index (Phi) is 5.43. The first kappa shape index (κ1) is 18.5. The van der Waals surface area contributed by atoms with Crippen LogP contribution in [0.25, 0.3) is 0 Å². The average molecular weight is 369 g/mol. The minimum atomic E-state index is -0.532. The zero-order chi connectivity index (χ0) is 19.4. The van der Waals surface area contributed by atoms with Crippen LogP contribution < -0.4 is 16.3 Å². The molecule has 2 atom stereocenters. The number of nitro benzene ring substituents is 1. The molecule has 0 aliphatic carbocycles. The average Bonchev–Trinajstić information content (AvgIpc) is 3.16. The van der Waals surface area contributed by atoms with Crippen LogP contribution >= 0.6 is 0 Å². The zero-order valence-corrected chi connectivity index (χ0v) is 14.5. The summed E-state index contributed by atoms with van der Waals surface area (Å²) in [6, 6.07) is 12.1. The van der Waals surface area contributed by atoms with Crippen molar-refractivity contribution in [3.05, 3.63) is 69.8 Å². The van der Waals surface area contributed by atoms with Gasteiger partial charge in [0.2, 0.25) is 0 Å². The Morgan fingerprint density at radius 3 is 2.78 bits per heavy atom. The first-order chi connectivity index (χ1) is 12.9. The second kappa shape index (κ2) is 7.94. The van der Waals surface area contributed by atoms with Gasteiger partial charge >= 0.3 is 0 Å². The Morgan fingerprint density at radius 2 is 2.04 bits per heavy atom. The van der Waals surface area contributed by atoms with Crippen molar-refractivity contribution < 1.29 is 14.8 Å². The second-order valence-corrected chi connectivity index (χ2v) is 6.21. The summed E-state index contributed by atoms with van der Waals surface area (Å²) in [5, 5.41) is 24.5. The SMILES string of the molecule is C/C(=N/NC(=O)C1CC(c2cccc([N+](=O)[O-])c2)NN1)c1cccc(O)c1. The number of nitrogens with one attached hydrogen (secondary N) is 3. The van der Waals surface area contributed by atoms with Crippen molar-refractivity contribution >= 4 is 17.3 Å². The molecule has 2 aromatic rings. The van der Waals surface area contributed by atoms with E-state index in [0.29, 0.717) is 17.7 Å². The number of phenols is 1. The molecule has 140 valence electrons. The molecule has 1 saturated heterocycles. The van der Waals surface area contributed by atoms with Gasteiger partial charge in [-0.2, -0.15) is 5.10 Å². The van der Waals surface area contributed by atoms with Crippen LogP contribution in [0.1, 0.15) is 30.5 Å². The Labute approximate surface area is 155 Å². The lowest BCUT2D eigenvalue weighted by molar-refractivity contribution is -0.384. The molecule has 0 bridgehead atoms. The molecule has 1 fully saturated rings. The Hall–Kier alpha value is -3.30. The van der Waals surface area contributed by atoms with Crippen LogP contribution in [0.4, 0.5) is 5.69 Å². The number of benzene rings is 2. The first-order valence-electron chi connectivity index (χ1n) is 8.33. The number of phenolic OH excluding ortho intramolecular Hbond substituents is 1. The fourth-order valence-electron chi connectivity index (χ4n) is 2.81. The van der Waals surface area contributed by atoms with Crippen molar-refractivity contribution in [1.82, 2.24) is 16.3 Å². The summed E-state index contributed by atoms with van der Waals surface area (Å²) in [4.78, 5) is 22.8. The summed E-state index contributed by atoms with van der Waals surface area (Å²) in [6.07, 6.45) is 0.424. The molecule has 4 N–H and O–H groups in total. The predicted molar refractivity (Wildman–Crippen MR) is 99.0 cm³/mol. The van der Waals surface area contributed by atoms with Gasteiger partial charge < -0.3 is 5.11 Å². The molecule has 2 unspecified atom stereocenters. The summed E-state index contributed by atoms with van der Waals surface area (Å²) < 4.78 is 0. The number of hydrogen-bond donors (Lipinski definition) is 4. The minimum absolute atomic E-state index is 0.00791. The fourth-order valence-corrected chi connectivity index (χ4v) is 2.81. The highest BCUT2D eigenvalue weighted by molar-refractivity contribution is 5.99. The van der Waals surface area contributed by atoms with Crippen LogP contribution in [0.5, 0.6) is 5.75 Å². The number of carbonyl (C=O) groups is 1. The monoisotopic (exact) mass is 369 g/mol. The molecule has 3 rings (SSSR count). The molecule has 1 aliphatic heterocycles. The second-order valence-electron chi connectivity index (χ2n) is 6.21. The highest BCUT2D eigenvalue weighted by Crippen LogP contribution is 2.25. The normalized spacial score (nSPS) is 19.7. The molecule has 1 aliphatic rings. The van der Waals surface area contributed by atoms with E-state index in [1.165, 1.54) is 12.1 Å². The molecule has 0 aromatic heterocycles. The molecule has 1 heterocycles. The van der Waals surface area contributed by atoms with E-state index in [-0.39, 0.29) is 23.4 Å². The van der Waals surface area contributed by atoms with E-state index in [0.717, 1.165) is 5.56 Å². The van der Waals surface area contributed by atoms with E-state index in [1.54, 1.807) is 43.3 Å². The Balaban J connectivity index is 1.61. The first-order valence-corrected chi connectivity index (χ1v) is 8.33. The number of aromatic hydroxyl groups is 1. The lowest BCUT2D eigenvalue weighted by Gasteiger charge is -2.09. The van der Waals surface area contributed by atoms with Gasteiger partial charge in [-0.05, 0) is 31.0 Å². The number of nitrogens with zero attached hydrogens (tertiary/aromatic N) is 2. The summed E-state index contributed by atoms with van der Waals surface area (Å²) in [5.74, 6) is -0.204. The maximum absolute atomic E-state index is 12.3. The van der Waals surface area contributed by atoms with Gasteiger partial charge in [-0.15, -0.1) is 0 Å². The van der Waals surface area contributed by atoms with Crippen LogP contribution in [0.2, 0.25) is 0 Å². The smallest absolute Gasteiger partial charge is 0.269 e. The molecule has 0 saturated carbocycles. The number of hydrogen-bond acceptors (Lipinski definition) is 7. The molecule has 1 amide bonds. The molecule has 0 spiro atoms. The van der Waals surface area contributed by atoms with Gasteiger partial charge in [0.15, 0.2) is 0 Å². The number of nitro groups is 1. The van der Waals surface area contributed by atoms with Crippen LogP contribution in [0.15, 0.2) is 53.6 Å². The third-order valence-corrected chi connectivity index (χ3v) is 4.30. The third-order valence-electron chi connectivity index (χ3n) is 4.30. The van der Waals surface area contributed by atoms with Crippen molar-refractivity contribution in [3.8, 4) is 5.75 Å². The molecular weight excluding hydrogens is 350 g/mol. The minimum Gasteiger partial charge on any atom is -0.508 e. The van der Waals surface area contributed by atoms with Gasteiger partial charge in [-0.25, -0.2) is 16.3 Å². The van der Waals surface area contributed by atoms with Gasteiger partial charge in [-0.1, -0.05) is 24.3 Å². The topological polar surface area (TPSA) is 129 Å². The summed E-state index contributed by atoms with van der Waals surface area (Å²) in [5.41, 5.74) is 10.4. The number of non-ortho nitro benzene ring substituents is 1. The van der Waals surface area contributed by atoms with E-state index < -0.39 is 11.0 Å². The van der Waals surface area contributed by atoms with E-state index in [4.69, 9.17) is 0 Å². The van der Waals surface area contributed by atoms with Crippen molar-refractivity contribution in [2.45, 2.75) is 25.4 Å². The van der Waals surface area contributed by atoms with Crippen molar-refractivity contribution in [1.29, 1.82) is 0 Å². The maximum atomic E-state index is 12.3. The largest absolute Gasteiger partial charge is 0.508 e. The molecule has 9 heteroatoms. The summed E-state index contributed by atoms with van der Waals surface area (Å²) in [7, 11) is 0. The van der Waals surface area contributed by atoms with Gasteiger partial charge in [0.1, 0.15) is 11.8 Å². The lowest BCUT2D eigenvalue weighted by Crippen LogP contribution is -2.41. The highest BCUT2D eigenvalue weighted by Gasteiger charge is 2.30. The predicted octanol–water partition coefficient (Wildman–Crippen LogP) is 1.75. The number of amides is 1. The van der Waals surface area contributed by atoms with Crippen molar-refractivity contribution in [2.75, 3.05) is 0 Å². The van der Waals surface area contributed by atoms with Crippen LogP contribution in [-0.4, -0.2) is 27.7 Å². The van der Waals surface area contributed by atoms with Crippen LogP contribution in [-0.2, 0) is 4.79 Å². The molecule has 0 radical (unpaired) electrons. The van der Waals surface area contributed by atoms with E-state index >= 15 is 0 Å². The summed E-state index contributed by atoms with van der Waals surface area (Å²) >= 11 is 0. The summed E-state index contributed by atoms with van der Waals surface area (Å²) in [6.45, 7) is 1.72. The number of carbonyl (C=O) groups excluding carboxylic acids is 1. The van der Waals surface area contributed by atoms with Gasteiger partial charge in [-0.3, -0.25) is 14.9 Å². The molecular formula is C18H19N5O4. The van der Waals surface area contributed by atoms with E-state index in [1.807, 2.05) is 0 Å². The standard InChI is InChI=1S/C18H19N5O4/c1-11(12-4-3-7-15(24)9-12)19-22-18(25)17-10-16(20-21-17)13-5-2-6-14(8-13)23(26)27/h2-9,16-17,20-21,24H,10H2,1H3,(H,22,25)/b19-11-. The maximum Gasteiger partial charge on any atom is 0.269 e. The van der Waals surface area contributed by atoms with E-state index in [2.05, 4.69) is 21.4 Å². The number of hydrazine groups is 1. The number of rotatable bonds is 5. The third kappa shape index (κ3) is 4.46. The van der Waals surface area contributed by atoms with Gasteiger partial charge in [0.05, 0.1) is 10.6 Å². The van der Waals surface area contributed by atoms with Gasteiger partial charge in [0, 0.05) is 23.7 Å². The Bertz CT molecular complexity index is 899.